The average molecular weight is 234 g/mol. The SMILES string of the molecule is O=C(O)/C=C/c1cnn(CC2CCCCC2)c1. The lowest BCUT2D eigenvalue weighted by molar-refractivity contribution is -0.131. The van der Waals surface area contributed by atoms with Crippen molar-refractivity contribution in [1.82, 2.24) is 9.78 Å². The van der Waals surface area contributed by atoms with Gasteiger partial charge in [-0.15, -0.1) is 0 Å². The lowest BCUT2D eigenvalue weighted by Crippen LogP contribution is -2.14. The minimum atomic E-state index is -0.926. The number of hydrogen-bond donors (Lipinski definition) is 1. The van der Waals surface area contributed by atoms with Crippen molar-refractivity contribution < 1.29 is 9.90 Å². The van der Waals surface area contributed by atoms with Gasteiger partial charge in [-0.05, 0) is 24.8 Å². The third kappa shape index (κ3) is 3.73. The summed E-state index contributed by atoms with van der Waals surface area (Å²) in [4.78, 5) is 10.4. The fraction of sp³-hybridized carbons (Fsp3) is 0.538. The van der Waals surface area contributed by atoms with Crippen LogP contribution in [0.5, 0.6) is 0 Å². The molecule has 0 aliphatic heterocycles. The highest BCUT2D eigenvalue weighted by molar-refractivity contribution is 5.85. The minimum absolute atomic E-state index is 0.736. The van der Waals surface area contributed by atoms with Gasteiger partial charge < -0.3 is 5.11 Å². The molecule has 1 aliphatic rings. The zero-order chi connectivity index (χ0) is 12.1. The van der Waals surface area contributed by atoms with Crippen LogP contribution in [-0.2, 0) is 11.3 Å². The van der Waals surface area contributed by atoms with Crippen LogP contribution < -0.4 is 0 Å². The van der Waals surface area contributed by atoms with Gasteiger partial charge in [-0.3, -0.25) is 4.68 Å². The van der Waals surface area contributed by atoms with Gasteiger partial charge in [0.2, 0.25) is 0 Å². The molecule has 0 spiro atoms. The van der Waals surface area contributed by atoms with Crippen LogP contribution in [0.25, 0.3) is 6.08 Å². The predicted molar refractivity (Wildman–Crippen MR) is 65.5 cm³/mol. The summed E-state index contributed by atoms with van der Waals surface area (Å²) in [5.41, 5.74) is 0.850. The van der Waals surface area contributed by atoms with E-state index in [-0.39, 0.29) is 0 Å². The Morgan fingerprint density at radius 3 is 2.94 bits per heavy atom. The molecule has 0 aromatic carbocycles. The molecule has 1 aromatic heterocycles. The van der Waals surface area contributed by atoms with Crippen LogP contribution in [0.4, 0.5) is 0 Å². The molecule has 1 aliphatic carbocycles. The lowest BCUT2D eigenvalue weighted by atomic mass is 9.89. The summed E-state index contributed by atoms with van der Waals surface area (Å²) in [5.74, 6) is -0.190. The highest BCUT2D eigenvalue weighted by Crippen LogP contribution is 2.24. The van der Waals surface area contributed by atoms with E-state index in [2.05, 4.69) is 5.10 Å². The van der Waals surface area contributed by atoms with Gasteiger partial charge in [0.25, 0.3) is 0 Å². The normalized spacial score (nSPS) is 17.6. The first-order valence-electron chi connectivity index (χ1n) is 6.17. The summed E-state index contributed by atoms with van der Waals surface area (Å²) in [6.45, 7) is 0.959. The second kappa shape index (κ2) is 5.66. The van der Waals surface area contributed by atoms with Gasteiger partial charge in [0.05, 0.1) is 6.20 Å². The Balaban J connectivity index is 1.91. The first-order valence-corrected chi connectivity index (χ1v) is 6.17. The Labute approximate surface area is 101 Å². The quantitative estimate of drug-likeness (QED) is 0.814. The van der Waals surface area contributed by atoms with Gasteiger partial charge in [0.1, 0.15) is 0 Å². The molecule has 1 N–H and O–H groups in total. The van der Waals surface area contributed by atoms with Crippen molar-refractivity contribution in [2.24, 2.45) is 5.92 Å². The maximum absolute atomic E-state index is 10.4. The molecular formula is C13H18N2O2. The van der Waals surface area contributed by atoms with E-state index in [1.54, 1.807) is 12.3 Å². The summed E-state index contributed by atoms with van der Waals surface area (Å²) >= 11 is 0. The molecule has 92 valence electrons. The third-order valence-electron chi connectivity index (χ3n) is 3.24. The summed E-state index contributed by atoms with van der Waals surface area (Å²) in [7, 11) is 0. The maximum Gasteiger partial charge on any atom is 0.328 e. The molecule has 1 heterocycles. The van der Waals surface area contributed by atoms with E-state index in [0.717, 1.165) is 24.1 Å². The molecule has 0 bridgehead atoms. The number of carbonyl (C=O) groups is 1. The molecule has 0 amide bonds. The van der Waals surface area contributed by atoms with Crippen LogP contribution in [0.2, 0.25) is 0 Å². The van der Waals surface area contributed by atoms with Crippen molar-refractivity contribution in [2.75, 3.05) is 0 Å². The highest BCUT2D eigenvalue weighted by Gasteiger charge is 2.14. The molecule has 4 nitrogen and oxygen atoms in total. The average Bonchev–Trinajstić information content (AvgIpc) is 2.75. The topological polar surface area (TPSA) is 55.1 Å². The smallest absolute Gasteiger partial charge is 0.328 e. The van der Waals surface area contributed by atoms with Crippen molar-refractivity contribution in [3.63, 3.8) is 0 Å². The standard InChI is InChI=1S/C13H18N2O2/c16-13(17)7-6-12-8-14-15(10-12)9-11-4-2-1-3-5-11/h6-8,10-11H,1-5,9H2,(H,16,17)/b7-6+. The van der Waals surface area contributed by atoms with E-state index in [9.17, 15) is 4.79 Å². The van der Waals surface area contributed by atoms with Gasteiger partial charge in [-0.1, -0.05) is 19.3 Å². The minimum Gasteiger partial charge on any atom is -0.478 e. The Morgan fingerprint density at radius 2 is 2.24 bits per heavy atom. The Hall–Kier alpha value is -1.58. The first kappa shape index (κ1) is 11.9. The lowest BCUT2D eigenvalue weighted by Gasteiger charge is -2.21. The van der Waals surface area contributed by atoms with Gasteiger partial charge in [0.15, 0.2) is 0 Å². The Morgan fingerprint density at radius 1 is 1.47 bits per heavy atom. The second-order valence-corrected chi connectivity index (χ2v) is 4.67. The van der Waals surface area contributed by atoms with Crippen molar-refractivity contribution in [2.45, 2.75) is 38.6 Å². The molecule has 4 heteroatoms. The number of aliphatic carboxylic acids is 1. The van der Waals surface area contributed by atoms with Gasteiger partial charge in [-0.25, -0.2) is 4.79 Å². The van der Waals surface area contributed by atoms with Gasteiger partial charge >= 0.3 is 5.97 Å². The number of carboxylic acid groups (broad SMARTS) is 1. The number of rotatable bonds is 4. The third-order valence-corrected chi connectivity index (χ3v) is 3.24. The second-order valence-electron chi connectivity index (χ2n) is 4.67. The largest absolute Gasteiger partial charge is 0.478 e. The molecule has 17 heavy (non-hydrogen) atoms. The van der Waals surface area contributed by atoms with Gasteiger partial charge in [0, 0.05) is 24.4 Å². The summed E-state index contributed by atoms with van der Waals surface area (Å²) in [6.07, 6.45) is 12.9. The fourth-order valence-electron chi connectivity index (χ4n) is 2.37. The Bertz CT molecular complexity index is 403. The zero-order valence-electron chi connectivity index (χ0n) is 9.88. The Kier molecular flexibility index (Phi) is 3.96. The first-order chi connectivity index (χ1) is 8.24. The molecule has 1 saturated carbocycles. The summed E-state index contributed by atoms with van der Waals surface area (Å²) in [6, 6.07) is 0. The van der Waals surface area contributed by atoms with Crippen LogP contribution in [0.1, 0.15) is 37.7 Å². The van der Waals surface area contributed by atoms with E-state index in [1.807, 2.05) is 10.9 Å². The van der Waals surface area contributed by atoms with Gasteiger partial charge in [-0.2, -0.15) is 5.10 Å². The van der Waals surface area contributed by atoms with Crippen LogP contribution >= 0.6 is 0 Å². The van der Waals surface area contributed by atoms with Crippen molar-refractivity contribution in [3.05, 3.63) is 24.0 Å². The van der Waals surface area contributed by atoms with Crippen LogP contribution in [0.15, 0.2) is 18.5 Å². The fourth-order valence-corrected chi connectivity index (χ4v) is 2.37. The summed E-state index contributed by atoms with van der Waals surface area (Å²) < 4.78 is 1.93. The van der Waals surface area contributed by atoms with E-state index in [0.29, 0.717) is 0 Å². The van der Waals surface area contributed by atoms with Crippen LogP contribution in [0, 0.1) is 5.92 Å². The predicted octanol–water partition coefficient (Wildman–Crippen LogP) is 2.56. The number of carboxylic acids is 1. The van der Waals surface area contributed by atoms with Crippen molar-refractivity contribution in [3.8, 4) is 0 Å². The number of hydrogen-bond acceptors (Lipinski definition) is 2. The van der Waals surface area contributed by atoms with E-state index < -0.39 is 5.97 Å². The van der Waals surface area contributed by atoms with Crippen LogP contribution in [0.3, 0.4) is 0 Å². The molecule has 1 fully saturated rings. The molecule has 0 atom stereocenters. The van der Waals surface area contributed by atoms with E-state index in [1.165, 1.54) is 32.1 Å². The highest BCUT2D eigenvalue weighted by atomic mass is 16.4. The summed E-state index contributed by atoms with van der Waals surface area (Å²) in [5, 5.41) is 12.8. The monoisotopic (exact) mass is 234 g/mol. The molecular weight excluding hydrogens is 216 g/mol. The molecule has 2 rings (SSSR count). The molecule has 0 unspecified atom stereocenters. The van der Waals surface area contributed by atoms with E-state index >= 15 is 0 Å². The maximum atomic E-state index is 10.4. The number of nitrogens with zero attached hydrogens (tertiary/aromatic N) is 2. The van der Waals surface area contributed by atoms with E-state index in [4.69, 9.17) is 5.11 Å². The zero-order valence-corrected chi connectivity index (χ0v) is 9.88. The van der Waals surface area contributed by atoms with Crippen molar-refractivity contribution in [1.29, 1.82) is 0 Å². The molecule has 1 aromatic rings. The van der Waals surface area contributed by atoms with Crippen molar-refractivity contribution >= 4 is 12.0 Å². The molecule has 0 saturated heterocycles. The van der Waals surface area contributed by atoms with Crippen LogP contribution in [-0.4, -0.2) is 20.9 Å². The molecule has 0 radical (unpaired) electrons. The number of aromatic nitrogens is 2.